The summed E-state index contributed by atoms with van der Waals surface area (Å²) >= 11 is 0. The molecule has 5 heavy (non-hydrogen) atoms. The van der Waals surface area contributed by atoms with Crippen LogP contribution in [0.1, 0.15) is 0 Å². The monoisotopic (exact) mass is 101 g/mol. The van der Waals surface area contributed by atoms with E-state index >= 15 is 0 Å². The zero-order valence-corrected chi connectivity index (χ0v) is 4.21. The number of nitriles is 1. The van der Waals surface area contributed by atoms with E-state index in [1.54, 1.807) is 6.07 Å². The standard InChI is InChI=1S/C2HNP2/c3-1-2-5-4/h2H. The molecule has 0 fully saturated rings. The molecule has 0 aromatic rings. The minimum atomic E-state index is 0.738. The summed E-state index contributed by atoms with van der Waals surface area (Å²) in [5.74, 6) is 1.39. The van der Waals surface area contributed by atoms with E-state index in [9.17, 15) is 0 Å². The fraction of sp³-hybridized carbons (Fsp3) is 0. The molecule has 0 aliphatic heterocycles. The summed E-state index contributed by atoms with van der Waals surface area (Å²) in [5, 5.41) is 7.70. The molecular formula is C2HNP2. The fourth-order valence-electron chi connectivity index (χ4n) is 0.0258. The second-order valence-corrected chi connectivity index (χ2v) is 1.56. The van der Waals surface area contributed by atoms with Crippen molar-refractivity contribution in [1.82, 2.24) is 0 Å². The Morgan fingerprint density at radius 3 is 2.60 bits per heavy atom. The molecule has 0 heterocycles. The fourth-order valence-corrected chi connectivity index (χ4v) is 0.232. The Morgan fingerprint density at radius 2 is 2.60 bits per heavy atom. The van der Waals surface area contributed by atoms with Gasteiger partial charge in [-0.05, 0) is 0 Å². The maximum atomic E-state index is 7.70. The molecule has 0 bridgehead atoms. The van der Waals surface area contributed by atoms with Gasteiger partial charge in [0.25, 0.3) is 0 Å². The number of hydrogen-bond donors (Lipinski definition) is 0. The van der Waals surface area contributed by atoms with Gasteiger partial charge in [0.2, 0.25) is 0 Å². The topological polar surface area (TPSA) is 23.8 Å². The Balaban J connectivity index is 3.63. The van der Waals surface area contributed by atoms with Gasteiger partial charge in [0, 0.05) is 0 Å². The first-order valence-corrected chi connectivity index (χ1v) is 3.09. The second-order valence-electron chi connectivity index (χ2n) is 0.374. The first-order valence-electron chi connectivity index (χ1n) is 0.970. The molecule has 24 valence electrons. The first-order chi connectivity index (χ1) is 2.41. The van der Waals surface area contributed by atoms with Gasteiger partial charge in [-0.25, -0.2) is 0 Å². The molecule has 0 atom stereocenters. The van der Waals surface area contributed by atoms with Crippen LogP contribution in [-0.4, -0.2) is 5.80 Å². The molecule has 0 saturated heterocycles. The zero-order valence-electron chi connectivity index (χ0n) is 2.42. The molecule has 0 amide bonds. The van der Waals surface area contributed by atoms with Crippen LogP contribution in [0.4, 0.5) is 0 Å². The molecule has 0 radical (unpaired) electrons. The molecule has 0 N–H and O–H groups in total. The van der Waals surface area contributed by atoms with Gasteiger partial charge in [0.05, 0.1) is 0 Å². The van der Waals surface area contributed by atoms with Crippen molar-refractivity contribution in [2.75, 3.05) is 0 Å². The van der Waals surface area contributed by atoms with Crippen molar-refractivity contribution in [3.63, 3.8) is 0 Å². The Morgan fingerprint density at radius 1 is 2.00 bits per heavy atom. The van der Waals surface area contributed by atoms with Crippen LogP contribution in [0.15, 0.2) is 0 Å². The van der Waals surface area contributed by atoms with Crippen LogP contribution < -0.4 is 0 Å². The van der Waals surface area contributed by atoms with Crippen molar-refractivity contribution in [2.24, 2.45) is 0 Å². The summed E-state index contributed by atoms with van der Waals surface area (Å²) in [6.07, 6.45) is 0. The van der Waals surface area contributed by atoms with Gasteiger partial charge in [-0.15, -0.1) is 0 Å². The van der Waals surface area contributed by atoms with Crippen molar-refractivity contribution >= 4 is 21.4 Å². The van der Waals surface area contributed by atoms with E-state index in [4.69, 9.17) is 5.26 Å². The molecule has 1 nitrogen and oxygen atoms in total. The van der Waals surface area contributed by atoms with Crippen molar-refractivity contribution in [3.05, 3.63) is 0 Å². The average Bonchev–Trinajstić information content (AvgIpc) is 1.41. The molecule has 3 heteroatoms. The van der Waals surface area contributed by atoms with Gasteiger partial charge in [-0.1, -0.05) is 0 Å². The normalized spacial score (nSPS) is 4.40. The zero-order chi connectivity index (χ0) is 4.12. The van der Waals surface area contributed by atoms with E-state index in [0.717, 1.165) is 7.31 Å². The predicted molar refractivity (Wildman–Crippen MR) is 25.5 cm³/mol. The third-order valence-corrected chi connectivity index (χ3v) is 0.693. The third kappa shape index (κ3) is 4.22. The third-order valence-electron chi connectivity index (χ3n) is 0.115. The van der Waals surface area contributed by atoms with E-state index in [1.165, 1.54) is 5.80 Å². The number of nitrogens with zero attached hydrogens (tertiary/aromatic N) is 1. The summed E-state index contributed by atoms with van der Waals surface area (Å²) in [6, 6.07) is 1.80. The van der Waals surface area contributed by atoms with E-state index in [0.29, 0.717) is 0 Å². The van der Waals surface area contributed by atoms with Crippen LogP contribution >= 0.6 is 15.6 Å². The van der Waals surface area contributed by atoms with Gasteiger partial charge in [-0.3, -0.25) is 0 Å². The molecule has 0 aromatic heterocycles. The molecule has 0 aliphatic carbocycles. The van der Waals surface area contributed by atoms with Gasteiger partial charge >= 0.3 is 32.8 Å². The summed E-state index contributed by atoms with van der Waals surface area (Å²) in [5.41, 5.74) is 0. The first kappa shape index (κ1) is 5.22. The number of hydrogen-bond acceptors (Lipinski definition) is 1. The minimum absolute atomic E-state index is 0.738. The van der Waals surface area contributed by atoms with Crippen molar-refractivity contribution < 1.29 is 0 Å². The van der Waals surface area contributed by atoms with E-state index in [-0.39, 0.29) is 0 Å². The molecule has 0 aromatic carbocycles. The summed E-state index contributed by atoms with van der Waals surface area (Å²) < 4.78 is 0. The van der Waals surface area contributed by atoms with Crippen LogP contribution in [0.2, 0.25) is 0 Å². The average molecular weight is 101 g/mol. The van der Waals surface area contributed by atoms with Crippen molar-refractivity contribution in [2.45, 2.75) is 0 Å². The predicted octanol–water partition coefficient (Wildman–Crippen LogP) is 1.58. The molecule has 0 spiro atoms. The Bertz CT molecular complexity index is 126. The van der Waals surface area contributed by atoms with E-state index in [2.05, 4.69) is 8.34 Å². The summed E-state index contributed by atoms with van der Waals surface area (Å²) in [4.78, 5) is 0. The molecule has 0 aliphatic rings. The van der Waals surface area contributed by atoms with Crippen LogP contribution in [0, 0.1) is 11.3 Å². The molecule has 0 rings (SSSR count). The van der Waals surface area contributed by atoms with E-state index in [1.807, 2.05) is 0 Å². The second kappa shape index (κ2) is 4.22. The molecular weight excluding hydrogens is 100.0 g/mol. The number of rotatable bonds is 0. The van der Waals surface area contributed by atoms with Gasteiger partial charge < -0.3 is 0 Å². The van der Waals surface area contributed by atoms with Crippen molar-refractivity contribution in [1.29, 1.82) is 5.26 Å². The van der Waals surface area contributed by atoms with Crippen molar-refractivity contribution in [3.8, 4) is 6.07 Å². The molecule has 0 saturated carbocycles. The van der Waals surface area contributed by atoms with Gasteiger partial charge in [-0.2, -0.15) is 0 Å². The Labute approximate surface area is 33.7 Å². The SMILES string of the molecule is N#CC=P#P. The van der Waals surface area contributed by atoms with Gasteiger partial charge in [0.15, 0.2) is 0 Å². The van der Waals surface area contributed by atoms with Crippen LogP contribution in [0.5, 0.6) is 0 Å². The van der Waals surface area contributed by atoms with Gasteiger partial charge in [0.1, 0.15) is 0 Å². The molecule has 0 unspecified atom stereocenters. The van der Waals surface area contributed by atoms with Crippen LogP contribution in [0.3, 0.4) is 0 Å². The van der Waals surface area contributed by atoms with E-state index < -0.39 is 0 Å². The quantitative estimate of drug-likeness (QED) is 0.425. The maximum absolute atomic E-state index is 7.70. The van der Waals surface area contributed by atoms with Crippen LogP contribution in [0.25, 0.3) is 0 Å². The Kier molecular flexibility index (Phi) is 4.41. The Hall–Kier alpha value is 0.220. The van der Waals surface area contributed by atoms with Crippen LogP contribution in [-0.2, 0) is 0 Å². The summed E-state index contributed by atoms with van der Waals surface area (Å²) in [7, 11) is 4.43. The summed E-state index contributed by atoms with van der Waals surface area (Å²) in [6.45, 7) is 0.